The molecular weight excluding hydrogens is 248 g/mol. The Hall–Kier alpha value is -1.33. The van der Waals surface area contributed by atoms with Gasteiger partial charge >= 0.3 is 0 Å². The van der Waals surface area contributed by atoms with Gasteiger partial charge in [0, 0.05) is 19.2 Å². The number of nitrogens with two attached hydrogens (primary N) is 1. The Balaban J connectivity index is 2.27. The van der Waals surface area contributed by atoms with Gasteiger partial charge in [-0.05, 0) is 12.0 Å². The zero-order valence-corrected chi connectivity index (χ0v) is 11.2. The molecule has 1 unspecified atom stereocenters. The third-order valence-electron chi connectivity index (χ3n) is 2.34. The number of rotatable bonds is 6. The van der Waals surface area contributed by atoms with Crippen molar-refractivity contribution in [1.82, 2.24) is 5.32 Å². The van der Waals surface area contributed by atoms with Gasteiger partial charge in [-0.3, -0.25) is 9.59 Å². The quantitative estimate of drug-likeness (QED) is 0.752. The van der Waals surface area contributed by atoms with Crippen LogP contribution in [-0.4, -0.2) is 29.4 Å². The molecule has 1 aromatic rings. The van der Waals surface area contributed by atoms with Gasteiger partial charge in [0.1, 0.15) is 0 Å². The Kier molecular flexibility index (Phi) is 6.46. The molecule has 0 heterocycles. The molecule has 4 nitrogen and oxygen atoms in total. The van der Waals surface area contributed by atoms with E-state index in [9.17, 15) is 9.59 Å². The van der Waals surface area contributed by atoms with Gasteiger partial charge in [0.25, 0.3) is 0 Å². The number of amides is 1. The van der Waals surface area contributed by atoms with Crippen LogP contribution >= 0.6 is 11.8 Å². The van der Waals surface area contributed by atoms with Crippen LogP contribution in [-0.2, 0) is 16.0 Å². The van der Waals surface area contributed by atoms with Gasteiger partial charge < -0.3 is 11.1 Å². The van der Waals surface area contributed by atoms with Crippen molar-refractivity contribution in [2.75, 3.05) is 12.3 Å². The highest BCUT2D eigenvalue weighted by Crippen LogP contribution is 2.02. The summed E-state index contributed by atoms with van der Waals surface area (Å²) in [6, 6.07) is 9.10. The smallest absolute Gasteiger partial charge is 0.237 e. The fraction of sp³-hybridized carbons (Fsp3) is 0.385. The van der Waals surface area contributed by atoms with Gasteiger partial charge in [0.05, 0.1) is 6.04 Å². The Morgan fingerprint density at radius 2 is 2.00 bits per heavy atom. The first-order valence-electron chi connectivity index (χ1n) is 5.80. The summed E-state index contributed by atoms with van der Waals surface area (Å²) in [5.74, 6) is 0.405. The number of thioether (sulfide) groups is 1. The summed E-state index contributed by atoms with van der Waals surface area (Å²) in [4.78, 5) is 22.4. The van der Waals surface area contributed by atoms with Crippen LogP contribution in [0.4, 0.5) is 0 Å². The number of nitrogens with one attached hydrogen (secondary N) is 1. The lowest BCUT2D eigenvalue weighted by molar-refractivity contribution is -0.122. The van der Waals surface area contributed by atoms with E-state index in [1.54, 1.807) is 0 Å². The summed E-state index contributed by atoms with van der Waals surface area (Å²) in [5.41, 5.74) is 6.85. The minimum absolute atomic E-state index is 0.0535. The molecule has 0 radical (unpaired) electrons. The molecule has 3 N–H and O–H groups in total. The maximum atomic E-state index is 11.7. The summed E-state index contributed by atoms with van der Waals surface area (Å²) >= 11 is 1.19. The van der Waals surface area contributed by atoms with Crippen LogP contribution in [0.1, 0.15) is 12.5 Å². The van der Waals surface area contributed by atoms with E-state index in [-0.39, 0.29) is 11.0 Å². The highest BCUT2D eigenvalue weighted by atomic mass is 32.2. The lowest BCUT2D eigenvalue weighted by atomic mass is 10.1. The van der Waals surface area contributed by atoms with Crippen LogP contribution in [0.15, 0.2) is 30.3 Å². The Morgan fingerprint density at radius 1 is 1.33 bits per heavy atom. The third kappa shape index (κ3) is 5.84. The normalized spacial score (nSPS) is 11.9. The molecule has 1 amide bonds. The molecule has 0 aliphatic heterocycles. The van der Waals surface area contributed by atoms with Gasteiger partial charge in [0.15, 0.2) is 5.12 Å². The average Bonchev–Trinajstić information content (AvgIpc) is 2.35. The molecule has 0 saturated heterocycles. The van der Waals surface area contributed by atoms with E-state index in [2.05, 4.69) is 5.32 Å². The van der Waals surface area contributed by atoms with Crippen molar-refractivity contribution in [3.8, 4) is 0 Å². The van der Waals surface area contributed by atoms with E-state index in [0.717, 1.165) is 5.56 Å². The van der Waals surface area contributed by atoms with Crippen molar-refractivity contribution >= 4 is 22.8 Å². The lowest BCUT2D eigenvalue weighted by Gasteiger charge is -2.11. The van der Waals surface area contributed by atoms with E-state index in [0.29, 0.717) is 18.7 Å². The standard InChI is InChI=1S/C13H18N2O2S/c1-10(16)18-8-7-15-13(17)12(14)9-11-5-3-2-4-6-11/h2-6,12H,7-9,14H2,1H3,(H,15,17). The molecule has 0 spiro atoms. The molecule has 98 valence electrons. The zero-order valence-electron chi connectivity index (χ0n) is 10.4. The average molecular weight is 266 g/mol. The van der Waals surface area contributed by atoms with Gasteiger partial charge in [-0.25, -0.2) is 0 Å². The minimum atomic E-state index is -0.547. The molecule has 0 saturated carbocycles. The summed E-state index contributed by atoms with van der Waals surface area (Å²) in [6.07, 6.45) is 0.520. The Labute approximate surface area is 111 Å². The predicted octanol–water partition coefficient (Wildman–Crippen LogP) is 0.952. The van der Waals surface area contributed by atoms with Gasteiger partial charge in [0.2, 0.25) is 5.91 Å². The number of hydrogen-bond acceptors (Lipinski definition) is 4. The monoisotopic (exact) mass is 266 g/mol. The molecule has 0 aromatic heterocycles. The largest absolute Gasteiger partial charge is 0.354 e. The molecular formula is C13H18N2O2S. The van der Waals surface area contributed by atoms with Crippen LogP contribution in [0.25, 0.3) is 0 Å². The first-order chi connectivity index (χ1) is 8.59. The van der Waals surface area contributed by atoms with E-state index in [1.165, 1.54) is 18.7 Å². The summed E-state index contributed by atoms with van der Waals surface area (Å²) < 4.78 is 0. The summed E-state index contributed by atoms with van der Waals surface area (Å²) in [5, 5.41) is 2.77. The van der Waals surface area contributed by atoms with E-state index < -0.39 is 6.04 Å². The molecule has 0 bridgehead atoms. The first-order valence-corrected chi connectivity index (χ1v) is 6.78. The van der Waals surface area contributed by atoms with E-state index in [1.807, 2.05) is 30.3 Å². The molecule has 1 rings (SSSR count). The molecule has 0 aliphatic rings. The number of carbonyl (C=O) groups excluding carboxylic acids is 2. The van der Waals surface area contributed by atoms with Crippen molar-refractivity contribution in [2.45, 2.75) is 19.4 Å². The second kappa shape index (κ2) is 7.89. The molecule has 1 aromatic carbocycles. The second-order valence-electron chi connectivity index (χ2n) is 3.93. The molecule has 0 fully saturated rings. The second-order valence-corrected chi connectivity index (χ2v) is 5.20. The van der Waals surface area contributed by atoms with Crippen molar-refractivity contribution in [1.29, 1.82) is 0 Å². The number of benzene rings is 1. The van der Waals surface area contributed by atoms with Crippen LogP contribution < -0.4 is 11.1 Å². The molecule has 1 atom stereocenters. The molecule has 5 heteroatoms. The minimum Gasteiger partial charge on any atom is -0.354 e. The highest BCUT2D eigenvalue weighted by Gasteiger charge is 2.13. The topological polar surface area (TPSA) is 72.2 Å². The van der Waals surface area contributed by atoms with Crippen molar-refractivity contribution < 1.29 is 9.59 Å². The Bertz CT molecular complexity index is 395. The van der Waals surface area contributed by atoms with Gasteiger partial charge in [-0.2, -0.15) is 0 Å². The molecule has 18 heavy (non-hydrogen) atoms. The number of carbonyl (C=O) groups is 2. The Morgan fingerprint density at radius 3 is 2.61 bits per heavy atom. The van der Waals surface area contributed by atoms with E-state index in [4.69, 9.17) is 5.73 Å². The lowest BCUT2D eigenvalue weighted by Crippen LogP contribution is -2.42. The van der Waals surface area contributed by atoms with Gasteiger partial charge in [-0.1, -0.05) is 42.1 Å². The maximum Gasteiger partial charge on any atom is 0.237 e. The van der Waals surface area contributed by atoms with E-state index >= 15 is 0 Å². The van der Waals surface area contributed by atoms with Crippen molar-refractivity contribution in [3.05, 3.63) is 35.9 Å². The van der Waals surface area contributed by atoms with Crippen molar-refractivity contribution in [2.24, 2.45) is 5.73 Å². The summed E-state index contributed by atoms with van der Waals surface area (Å²) in [7, 11) is 0. The van der Waals surface area contributed by atoms with Gasteiger partial charge in [-0.15, -0.1) is 0 Å². The number of hydrogen-bond donors (Lipinski definition) is 2. The SMILES string of the molecule is CC(=O)SCCNC(=O)C(N)Cc1ccccc1. The van der Waals surface area contributed by atoms with Crippen LogP contribution in [0.2, 0.25) is 0 Å². The zero-order chi connectivity index (χ0) is 13.4. The summed E-state index contributed by atoms with van der Waals surface area (Å²) in [6.45, 7) is 1.97. The van der Waals surface area contributed by atoms with Crippen LogP contribution in [0, 0.1) is 0 Å². The fourth-order valence-corrected chi connectivity index (χ4v) is 1.95. The van der Waals surface area contributed by atoms with Crippen LogP contribution in [0.3, 0.4) is 0 Å². The predicted molar refractivity (Wildman–Crippen MR) is 74.3 cm³/mol. The maximum absolute atomic E-state index is 11.7. The molecule has 0 aliphatic carbocycles. The van der Waals surface area contributed by atoms with Crippen LogP contribution in [0.5, 0.6) is 0 Å². The fourth-order valence-electron chi connectivity index (χ4n) is 1.46. The highest BCUT2D eigenvalue weighted by molar-refractivity contribution is 8.13. The first kappa shape index (κ1) is 14.7. The van der Waals surface area contributed by atoms with Crippen molar-refractivity contribution in [3.63, 3.8) is 0 Å². The third-order valence-corrected chi connectivity index (χ3v) is 3.16.